The Kier molecular flexibility index (Phi) is 4.45. The van der Waals surface area contributed by atoms with E-state index >= 15 is 0 Å². The monoisotopic (exact) mass is 267 g/mol. The predicted molar refractivity (Wildman–Crippen MR) is 73.7 cm³/mol. The van der Waals surface area contributed by atoms with Gasteiger partial charge in [0, 0.05) is 58.7 Å². The average Bonchev–Trinajstić information content (AvgIpc) is 2.26. The van der Waals surface area contributed by atoms with Gasteiger partial charge in [0.15, 0.2) is 0 Å². The quantitative estimate of drug-likeness (QED) is 0.744. The first-order chi connectivity index (χ1) is 8.97. The third kappa shape index (κ3) is 3.47. The molecule has 0 aromatic carbocycles. The highest BCUT2D eigenvalue weighted by molar-refractivity contribution is 5.77. The molecule has 2 aliphatic heterocycles. The summed E-state index contributed by atoms with van der Waals surface area (Å²) < 4.78 is 0. The van der Waals surface area contributed by atoms with Crippen molar-refractivity contribution < 1.29 is 9.59 Å². The van der Waals surface area contributed by atoms with Crippen molar-refractivity contribution in [2.45, 2.75) is 33.2 Å². The van der Waals surface area contributed by atoms with Crippen LogP contribution >= 0.6 is 0 Å². The van der Waals surface area contributed by atoms with Crippen molar-refractivity contribution in [2.75, 3.05) is 39.3 Å². The largest absolute Gasteiger partial charge is 0.340 e. The minimum atomic E-state index is 0.169. The maximum absolute atomic E-state index is 11.9. The molecule has 0 N–H and O–H groups in total. The van der Waals surface area contributed by atoms with Crippen molar-refractivity contribution in [2.24, 2.45) is 5.92 Å². The maximum atomic E-state index is 11.9. The molecule has 2 rings (SSSR count). The molecule has 5 nitrogen and oxygen atoms in total. The van der Waals surface area contributed by atoms with Crippen molar-refractivity contribution in [3.05, 3.63) is 0 Å². The van der Waals surface area contributed by atoms with Crippen molar-refractivity contribution in [3.63, 3.8) is 0 Å². The summed E-state index contributed by atoms with van der Waals surface area (Å²) in [5, 5.41) is 0. The SMILES string of the molecule is CC(=O)N1CCN(C2CN(C(=O)CC(C)C)C2)CC1. The molecule has 0 aromatic heterocycles. The normalized spacial score (nSPS) is 21.7. The summed E-state index contributed by atoms with van der Waals surface area (Å²) in [7, 11) is 0. The van der Waals surface area contributed by atoms with Crippen LogP contribution in [0.15, 0.2) is 0 Å². The molecule has 108 valence electrons. The topological polar surface area (TPSA) is 43.9 Å². The van der Waals surface area contributed by atoms with Crippen LogP contribution in [0.3, 0.4) is 0 Å². The summed E-state index contributed by atoms with van der Waals surface area (Å²) in [5.41, 5.74) is 0. The zero-order chi connectivity index (χ0) is 14.0. The van der Waals surface area contributed by atoms with Gasteiger partial charge in [0.2, 0.25) is 11.8 Å². The van der Waals surface area contributed by atoms with Gasteiger partial charge in [-0.1, -0.05) is 13.8 Å². The van der Waals surface area contributed by atoms with Crippen molar-refractivity contribution >= 4 is 11.8 Å². The Morgan fingerprint density at radius 1 is 1.05 bits per heavy atom. The fraction of sp³-hybridized carbons (Fsp3) is 0.857. The number of rotatable bonds is 3. The molecule has 0 radical (unpaired) electrons. The molecule has 2 heterocycles. The highest BCUT2D eigenvalue weighted by atomic mass is 16.2. The van der Waals surface area contributed by atoms with E-state index in [0.29, 0.717) is 18.4 Å². The predicted octanol–water partition coefficient (Wildman–Crippen LogP) is 0.407. The van der Waals surface area contributed by atoms with E-state index in [0.717, 1.165) is 39.3 Å². The maximum Gasteiger partial charge on any atom is 0.222 e. The van der Waals surface area contributed by atoms with Gasteiger partial charge in [0.05, 0.1) is 0 Å². The van der Waals surface area contributed by atoms with E-state index in [4.69, 9.17) is 0 Å². The van der Waals surface area contributed by atoms with Crippen LogP contribution in [-0.2, 0) is 9.59 Å². The fourth-order valence-corrected chi connectivity index (χ4v) is 2.77. The molecular formula is C14H25N3O2. The Bertz CT molecular complexity index is 343. The van der Waals surface area contributed by atoms with Crippen molar-refractivity contribution in [1.29, 1.82) is 0 Å². The lowest BCUT2D eigenvalue weighted by Crippen LogP contribution is -2.64. The van der Waals surface area contributed by atoms with Crippen LogP contribution < -0.4 is 0 Å². The fourth-order valence-electron chi connectivity index (χ4n) is 2.77. The van der Waals surface area contributed by atoms with Crippen LogP contribution in [0.4, 0.5) is 0 Å². The third-order valence-electron chi connectivity index (χ3n) is 4.07. The number of hydrogen-bond donors (Lipinski definition) is 0. The summed E-state index contributed by atoms with van der Waals surface area (Å²) in [6.45, 7) is 11.1. The molecule has 0 aromatic rings. The minimum absolute atomic E-state index is 0.169. The second-order valence-corrected chi connectivity index (χ2v) is 6.09. The molecular weight excluding hydrogens is 242 g/mol. The van der Waals surface area contributed by atoms with Gasteiger partial charge >= 0.3 is 0 Å². The van der Waals surface area contributed by atoms with E-state index in [9.17, 15) is 9.59 Å². The number of carbonyl (C=O) groups is 2. The third-order valence-corrected chi connectivity index (χ3v) is 4.07. The highest BCUT2D eigenvalue weighted by Gasteiger charge is 2.36. The van der Waals surface area contributed by atoms with Gasteiger partial charge in [-0.3, -0.25) is 14.5 Å². The zero-order valence-corrected chi connectivity index (χ0v) is 12.3. The lowest BCUT2D eigenvalue weighted by molar-refractivity contribution is -0.140. The van der Waals surface area contributed by atoms with Crippen LogP contribution in [0, 0.1) is 5.92 Å². The zero-order valence-electron chi connectivity index (χ0n) is 12.3. The van der Waals surface area contributed by atoms with Gasteiger partial charge in [-0.05, 0) is 5.92 Å². The van der Waals surface area contributed by atoms with Crippen molar-refractivity contribution in [3.8, 4) is 0 Å². The van der Waals surface area contributed by atoms with E-state index in [-0.39, 0.29) is 11.8 Å². The summed E-state index contributed by atoms with van der Waals surface area (Å²) in [5.74, 6) is 0.890. The van der Waals surface area contributed by atoms with Gasteiger partial charge in [0.25, 0.3) is 0 Å². The van der Waals surface area contributed by atoms with Gasteiger partial charge in [-0.15, -0.1) is 0 Å². The molecule has 0 bridgehead atoms. The Labute approximate surface area is 115 Å². The Balaban J connectivity index is 1.70. The standard InChI is InChI=1S/C14H25N3O2/c1-11(2)8-14(19)17-9-13(10-17)16-6-4-15(5-7-16)12(3)18/h11,13H,4-10H2,1-3H3. The summed E-state index contributed by atoms with van der Waals surface area (Å²) >= 11 is 0. The summed E-state index contributed by atoms with van der Waals surface area (Å²) in [6.07, 6.45) is 0.658. The number of hydrogen-bond acceptors (Lipinski definition) is 3. The number of amides is 2. The summed E-state index contributed by atoms with van der Waals surface area (Å²) in [6, 6.07) is 0.505. The summed E-state index contributed by atoms with van der Waals surface area (Å²) in [4.78, 5) is 29.4. The smallest absolute Gasteiger partial charge is 0.222 e. The lowest BCUT2D eigenvalue weighted by Gasteiger charge is -2.48. The van der Waals surface area contributed by atoms with E-state index in [1.165, 1.54) is 0 Å². The molecule has 0 unspecified atom stereocenters. The number of carbonyl (C=O) groups excluding carboxylic acids is 2. The first kappa shape index (κ1) is 14.3. The highest BCUT2D eigenvalue weighted by Crippen LogP contribution is 2.19. The molecule has 2 saturated heterocycles. The molecule has 2 amide bonds. The van der Waals surface area contributed by atoms with Crippen LogP contribution in [0.5, 0.6) is 0 Å². The first-order valence-corrected chi connectivity index (χ1v) is 7.24. The molecule has 2 aliphatic rings. The van der Waals surface area contributed by atoms with E-state index < -0.39 is 0 Å². The molecule has 0 saturated carbocycles. The van der Waals surface area contributed by atoms with E-state index in [1.807, 2.05) is 9.80 Å². The molecule has 19 heavy (non-hydrogen) atoms. The van der Waals surface area contributed by atoms with Gasteiger partial charge < -0.3 is 9.80 Å². The van der Waals surface area contributed by atoms with Crippen LogP contribution in [0.1, 0.15) is 27.2 Å². The minimum Gasteiger partial charge on any atom is -0.340 e. The number of piperazine rings is 1. The number of nitrogens with zero attached hydrogens (tertiary/aromatic N) is 3. The van der Waals surface area contributed by atoms with Crippen LogP contribution in [-0.4, -0.2) is 71.8 Å². The van der Waals surface area contributed by atoms with Crippen LogP contribution in [0.25, 0.3) is 0 Å². The molecule has 0 atom stereocenters. The van der Waals surface area contributed by atoms with Gasteiger partial charge in [-0.2, -0.15) is 0 Å². The second-order valence-electron chi connectivity index (χ2n) is 6.09. The Hall–Kier alpha value is -1.10. The second kappa shape index (κ2) is 5.90. The molecule has 0 spiro atoms. The van der Waals surface area contributed by atoms with Crippen LogP contribution in [0.2, 0.25) is 0 Å². The first-order valence-electron chi connectivity index (χ1n) is 7.24. The molecule has 2 fully saturated rings. The average molecular weight is 267 g/mol. The van der Waals surface area contributed by atoms with Gasteiger partial charge in [0.1, 0.15) is 0 Å². The van der Waals surface area contributed by atoms with Gasteiger partial charge in [-0.25, -0.2) is 0 Å². The molecule has 0 aliphatic carbocycles. The lowest BCUT2D eigenvalue weighted by atomic mass is 10.0. The van der Waals surface area contributed by atoms with E-state index in [2.05, 4.69) is 18.7 Å². The Morgan fingerprint density at radius 2 is 1.63 bits per heavy atom. The number of likely N-dealkylation sites (tertiary alicyclic amines) is 1. The van der Waals surface area contributed by atoms with Crippen molar-refractivity contribution in [1.82, 2.24) is 14.7 Å². The van der Waals surface area contributed by atoms with E-state index in [1.54, 1.807) is 6.92 Å². The Morgan fingerprint density at radius 3 is 2.11 bits per heavy atom. The molecule has 5 heteroatoms.